The lowest BCUT2D eigenvalue weighted by Gasteiger charge is -2.13. The lowest BCUT2D eigenvalue weighted by Crippen LogP contribution is -2.13. The van der Waals surface area contributed by atoms with Crippen LogP contribution in [0.4, 0.5) is 0 Å². The molecule has 3 aromatic heterocycles. The van der Waals surface area contributed by atoms with E-state index in [1.54, 1.807) is 25.4 Å². The van der Waals surface area contributed by atoms with Gasteiger partial charge in [-0.1, -0.05) is 18.2 Å². The van der Waals surface area contributed by atoms with E-state index in [0.29, 0.717) is 28.5 Å². The van der Waals surface area contributed by atoms with Crippen LogP contribution in [0, 0.1) is 13.8 Å². The molecule has 0 bridgehead atoms. The quantitative estimate of drug-likeness (QED) is 0.435. The lowest BCUT2D eigenvalue weighted by molar-refractivity contribution is 0.200. The number of methoxy groups -OCH3 is 2. The molecule has 31 heavy (non-hydrogen) atoms. The molecule has 0 saturated heterocycles. The van der Waals surface area contributed by atoms with Gasteiger partial charge in [-0.25, -0.2) is 0 Å². The Bertz CT molecular complexity index is 1260. The van der Waals surface area contributed by atoms with Gasteiger partial charge in [0.25, 0.3) is 0 Å². The second-order valence-corrected chi connectivity index (χ2v) is 8.17. The number of aromatic nitrogens is 4. The van der Waals surface area contributed by atoms with Crippen molar-refractivity contribution < 1.29 is 18.5 Å². The molecule has 9 heteroatoms. The Hall–Kier alpha value is -3.46. The van der Waals surface area contributed by atoms with Crippen molar-refractivity contribution in [1.82, 2.24) is 19.7 Å². The van der Waals surface area contributed by atoms with Gasteiger partial charge in [-0.3, -0.25) is 9.19 Å². The van der Waals surface area contributed by atoms with E-state index in [0.717, 1.165) is 16.9 Å². The molecule has 3 heterocycles. The number of hydrogen-bond acceptors (Lipinski definition) is 7. The van der Waals surface area contributed by atoms with Crippen LogP contribution in [0.15, 0.2) is 53.8 Å². The van der Waals surface area contributed by atoms with Gasteiger partial charge in [0.15, 0.2) is 11.4 Å². The summed E-state index contributed by atoms with van der Waals surface area (Å²) < 4.78 is 25.5. The topological polar surface area (TPSA) is 88.4 Å². The number of imidazole rings is 1. The molecule has 0 fully saturated rings. The maximum absolute atomic E-state index is 13.4. The fourth-order valence-electron chi connectivity index (χ4n) is 3.24. The maximum Gasteiger partial charge on any atom is 0.236 e. The van der Waals surface area contributed by atoms with Crippen molar-refractivity contribution >= 4 is 22.0 Å². The van der Waals surface area contributed by atoms with E-state index in [-0.39, 0.29) is 10.9 Å². The molecule has 0 saturated carbocycles. The van der Waals surface area contributed by atoms with E-state index >= 15 is 0 Å². The van der Waals surface area contributed by atoms with Gasteiger partial charge < -0.3 is 14.3 Å². The second kappa shape index (κ2) is 8.73. The minimum Gasteiger partial charge on any atom is -0.496 e. The largest absolute Gasteiger partial charge is 0.496 e. The Balaban J connectivity index is 1.77. The Kier molecular flexibility index (Phi) is 5.85. The molecule has 0 aliphatic carbocycles. The van der Waals surface area contributed by atoms with E-state index in [1.165, 1.54) is 11.8 Å². The molecular weight excluding hydrogens is 416 g/mol. The van der Waals surface area contributed by atoms with Gasteiger partial charge in [-0.15, -0.1) is 4.73 Å². The van der Waals surface area contributed by atoms with Crippen LogP contribution < -0.4 is 14.3 Å². The van der Waals surface area contributed by atoms with Crippen molar-refractivity contribution in [1.29, 1.82) is 0 Å². The van der Waals surface area contributed by atoms with Crippen molar-refractivity contribution in [3.8, 4) is 17.4 Å². The van der Waals surface area contributed by atoms with Crippen LogP contribution >= 0.6 is 0 Å². The third-order valence-corrected chi connectivity index (χ3v) is 5.99. The average molecular weight is 439 g/mol. The van der Waals surface area contributed by atoms with Gasteiger partial charge in [0.1, 0.15) is 11.3 Å². The number of para-hydroxylation sites is 1. The zero-order chi connectivity index (χ0) is 22.0. The normalized spacial score (nSPS) is 12.0. The zero-order valence-corrected chi connectivity index (χ0v) is 18.5. The first-order valence-electron chi connectivity index (χ1n) is 9.56. The third-order valence-electron chi connectivity index (χ3n) is 4.79. The molecule has 0 amide bonds. The number of rotatable bonds is 7. The first kappa shape index (κ1) is 20.8. The fourth-order valence-corrected chi connectivity index (χ4v) is 4.42. The van der Waals surface area contributed by atoms with Crippen molar-refractivity contribution in [2.24, 2.45) is 0 Å². The van der Waals surface area contributed by atoms with Crippen molar-refractivity contribution in [3.63, 3.8) is 0 Å². The van der Waals surface area contributed by atoms with E-state index in [9.17, 15) is 4.21 Å². The highest BCUT2D eigenvalue weighted by molar-refractivity contribution is 7.84. The molecule has 4 rings (SSSR count). The summed E-state index contributed by atoms with van der Waals surface area (Å²) in [5, 5.41) is 0.236. The predicted octanol–water partition coefficient (Wildman–Crippen LogP) is 3.61. The zero-order valence-electron chi connectivity index (χ0n) is 17.7. The molecule has 8 nitrogen and oxygen atoms in total. The van der Waals surface area contributed by atoms with Crippen LogP contribution in [0.5, 0.6) is 17.4 Å². The number of hydrogen-bond donors (Lipinski definition) is 0. The minimum atomic E-state index is -1.56. The molecule has 4 aromatic rings. The van der Waals surface area contributed by atoms with Gasteiger partial charge >= 0.3 is 0 Å². The van der Waals surface area contributed by atoms with Crippen LogP contribution in [0.3, 0.4) is 0 Å². The monoisotopic (exact) mass is 438 g/mol. The van der Waals surface area contributed by atoms with Gasteiger partial charge in [-0.2, -0.15) is 9.97 Å². The Morgan fingerprint density at radius 2 is 1.77 bits per heavy atom. The third kappa shape index (κ3) is 4.09. The molecule has 1 atom stereocenters. The molecule has 0 radical (unpaired) electrons. The van der Waals surface area contributed by atoms with Crippen LogP contribution in [-0.2, 0) is 16.6 Å². The molecule has 1 aromatic carbocycles. The molecule has 1 unspecified atom stereocenters. The number of nitrogens with zero attached hydrogens (tertiary/aromatic N) is 4. The fraction of sp³-hybridized carbons (Fsp3) is 0.227. The molecule has 0 aliphatic rings. The number of benzene rings is 1. The SMILES string of the molecule is COc1ccc2c(n1)nc(S(=O)Cc1ncc(C)c(OC)c1C)n2Oc1ccccc1. The summed E-state index contributed by atoms with van der Waals surface area (Å²) in [5.41, 5.74) is 3.40. The smallest absolute Gasteiger partial charge is 0.236 e. The highest BCUT2D eigenvalue weighted by Crippen LogP contribution is 2.27. The van der Waals surface area contributed by atoms with Crippen molar-refractivity contribution in [2.75, 3.05) is 14.2 Å². The average Bonchev–Trinajstić information content (AvgIpc) is 3.14. The van der Waals surface area contributed by atoms with Crippen LogP contribution in [-0.4, -0.2) is 38.1 Å². The summed E-state index contributed by atoms with van der Waals surface area (Å²) in [7, 11) is 1.59. The summed E-state index contributed by atoms with van der Waals surface area (Å²) in [6, 6.07) is 12.7. The first-order chi connectivity index (χ1) is 15.0. The summed E-state index contributed by atoms with van der Waals surface area (Å²) in [4.78, 5) is 19.3. The summed E-state index contributed by atoms with van der Waals surface area (Å²) in [5.74, 6) is 1.89. The molecule has 0 N–H and O–H groups in total. The van der Waals surface area contributed by atoms with E-state index in [4.69, 9.17) is 14.3 Å². The van der Waals surface area contributed by atoms with Gasteiger partial charge in [0.2, 0.25) is 11.0 Å². The summed E-state index contributed by atoms with van der Waals surface area (Å²) in [6.07, 6.45) is 1.72. The van der Waals surface area contributed by atoms with E-state index in [1.807, 2.05) is 44.2 Å². The second-order valence-electron chi connectivity index (χ2n) is 6.83. The van der Waals surface area contributed by atoms with Crippen LogP contribution in [0.2, 0.25) is 0 Å². The highest BCUT2D eigenvalue weighted by Gasteiger charge is 2.22. The summed E-state index contributed by atoms with van der Waals surface area (Å²) in [6.45, 7) is 3.83. The Labute approximate surface area is 182 Å². The number of pyridine rings is 2. The van der Waals surface area contributed by atoms with Crippen molar-refractivity contribution in [3.05, 3.63) is 65.5 Å². The molecular formula is C22H22N4O4S. The van der Waals surface area contributed by atoms with Crippen LogP contribution in [0.25, 0.3) is 11.2 Å². The maximum atomic E-state index is 13.4. The molecule has 160 valence electrons. The van der Waals surface area contributed by atoms with Gasteiger partial charge in [-0.05, 0) is 32.0 Å². The van der Waals surface area contributed by atoms with E-state index in [2.05, 4.69) is 15.0 Å². The number of aryl methyl sites for hydroxylation is 1. The number of ether oxygens (including phenoxy) is 2. The first-order valence-corrected chi connectivity index (χ1v) is 10.9. The van der Waals surface area contributed by atoms with Gasteiger partial charge in [0, 0.05) is 23.4 Å². The number of fused-ring (bicyclic) bond motifs is 1. The van der Waals surface area contributed by atoms with E-state index < -0.39 is 10.8 Å². The van der Waals surface area contributed by atoms with Gasteiger partial charge in [0.05, 0.1) is 36.5 Å². The van der Waals surface area contributed by atoms with Crippen molar-refractivity contribution in [2.45, 2.75) is 24.8 Å². The summed E-state index contributed by atoms with van der Waals surface area (Å²) >= 11 is 0. The van der Waals surface area contributed by atoms with Crippen LogP contribution in [0.1, 0.15) is 16.8 Å². The predicted molar refractivity (Wildman–Crippen MR) is 117 cm³/mol. The lowest BCUT2D eigenvalue weighted by atomic mass is 10.1. The molecule has 0 spiro atoms. The minimum absolute atomic E-state index is 0.154. The highest BCUT2D eigenvalue weighted by atomic mass is 32.2. The Morgan fingerprint density at radius 3 is 2.48 bits per heavy atom. The molecule has 0 aliphatic heterocycles. The Morgan fingerprint density at radius 1 is 1.00 bits per heavy atom. The standard InChI is InChI=1S/C22H22N4O4S/c1-14-12-23-17(15(2)20(14)29-4)13-31(27)22-25-21-18(10-11-19(24-21)28-3)26(22)30-16-8-6-5-7-9-16/h5-12H,13H2,1-4H3.